The number of benzene rings is 1. The van der Waals surface area contributed by atoms with Crippen molar-refractivity contribution in [3.8, 4) is 17.8 Å². The van der Waals surface area contributed by atoms with Crippen molar-refractivity contribution < 1.29 is 18.8 Å². The molecular weight excluding hydrogens is 273 g/mol. The third-order valence-corrected chi connectivity index (χ3v) is 2.13. The summed E-state index contributed by atoms with van der Waals surface area (Å²) in [6, 6.07) is 2.70. The molecule has 0 aliphatic heterocycles. The Kier molecular flexibility index (Phi) is 3.55. The summed E-state index contributed by atoms with van der Waals surface area (Å²) in [5.41, 5.74) is 4.81. The van der Waals surface area contributed by atoms with Gasteiger partial charge in [-0.15, -0.1) is 4.98 Å². The minimum absolute atomic E-state index is 0.161. The highest BCUT2D eigenvalue weighted by molar-refractivity contribution is 5.48. The molecule has 9 nitrogen and oxygen atoms in total. The number of para-hydroxylation sites is 1. The van der Waals surface area contributed by atoms with Gasteiger partial charge in [-0.2, -0.15) is 9.97 Å². The smallest absolute Gasteiger partial charge is 0.330 e. The van der Waals surface area contributed by atoms with Crippen LogP contribution in [0, 0.1) is 15.9 Å². The average Bonchev–Trinajstić information content (AvgIpc) is 2.40. The molecule has 20 heavy (non-hydrogen) atoms. The number of anilines is 1. The molecular formula is C10H8FN5O4. The van der Waals surface area contributed by atoms with Crippen molar-refractivity contribution in [2.75, 3.05) is 12.8 Å². The summed E-state index contributed by atoms with van der Waals surface area (Å²) in [6.07, 6.45) is 0. The van der Waals surface area contributed by atoms with Crippen molar-refractivity contribution in [3.05, 3.63) is 34.1 Å². The van der Waals surface area contributed by atoms with Crippen LogP contribution in [0.4, 0.5) is 16.0 Å². The van der Waals surface area contributed by atoms with Gasteiger partial charge in [-0.1, -0.05) is 6.07 Å². The van der Waals surface area contributed by atoms with E-state index < -0.39 is 28.2 Å². The van der Waals surface area contributed by atoms with Crippen molar-refractivity contribution in [2.24, 2.45) is 0 Å². The maximum atomic E-state index is 13.6. The summed E-state index contributed by atoms with van der Waals surface area (Å²) in [5, 5.41) is 10.8. The first-order chi connectivity index (χ1) is 9.51. The summed E-state index contributed by atoms with van der Waals surface area (Å²) in [4.78, 5) is 20.9. The molecule has 0 atom stereocenters. The number of hydrogen-bond donors (Lipinski definition) is 1. The minimum atomic E-state index is -0.933. The summed E-state index contributed by atoms with van der Waals surface area (Å²) in [7, 11) is 1.28. The number of ether oxygens (including phenoxy) is 2. The van der Waals surface area contributed by atoms with E-state index in [0.29, 0.717) is 0 Å². The summed E-state index contributed by atoms with van der Waals surface area (Å²) >= 11 is 0. The van der Waals surface area contributed by atoms with E-state index in [1.54, 1.807) is 0 Å². The number of nitrogens with zero attached hydrogens (tertiary/aromatic N) is 4. The van der Waals surface area contributed by atoms with Gasteiger partial charge in [-0.25, -0.2) is 4.39 Å². The van der Waals surface area contributed by atoms with E-state index in [4.69, 9.17) is 15.2 Å². The molecule has 0 radical (unpaired) electrons. The zero-order chi connectivity index (χ0) is 14.7. The maximum absolute atomic E-state index is 13.6. The Hall–Kier alpha value is -3.04. The van der Waals surface area contributed by atoms with Crippen LogP contribution in [0.2, 0.25) is 0 Å². The summed E-state index contributed by atoms with van der Waals surface area (Å²) < 4.78 is 23.3. The number of aromatic nitrogens is 3. The van der Waals surface area contributed by atoms with Gasteiger partial charge in [0.2, 0.25) is 11.7 Å². The molecule has 0 saturated carbocycles. The quantitative estimate of drug-likeness (QED) is 0.656. The molecule has 1 aromatic carbocycles. The number of halogens is 1. The summed E-state index contributed by atoms with van der Waals surface area (Å²) in [5.74, 6) is -1.78. The second-order valence-electron chi connectivity index (χ2n) is 3.41. The number of methoxy groups -OCH3 is 1. The molecule has 0 fully saturated rings. The number of nitro benzene ring substituents is 1. The van der Waals surface area contributed by atoms with E-state index in [1.807, 2.05) is 0 Å². The Labute approximate surface area is 111 Å². The number of nitro groups is 1. The Morgan fingerprint density at radius 1 is 1.30 bits per heavy atom. The second-order valence-corrected chi connectivity index (χ2v) is 3.41. The van der Waals surface area contributed by atoms with Crippen molar-refractivity contribution in [1.82, 2.24) is 15.0 Å². The number of nitrogens with two attached hydrogens (primary N) is 1. The van der Waals surface area contributed by atoms with Gasteiger partial charge in [-0.3, -0.25) is 10.1 Å². The van der Waals surface area contributed by atoms with E-state index >= 15 is 0 Å². The average molecular weight is 281 g/mol. The number of nitrogen functional groups attached to an aromatic ring is 1. The minimum Gasteiger partial charge on any atom is -0.467 e. The summed E-state index contributed by atoms with van der Waals surface area (Å²) in [6.45, 7) is 0. The molecule has 0 bridgehead atoms. The fraction of sp³-hybridized carbons (Fsp3) is 0.100. The topological polar surface area (TPSA) is 126 Å². The van der Waals surface area contributed by atoms with E-state index in [-0.39, 0.29) is 12.0 Å². The third kappa shape index (κ3) is 2.68. The predicted molar refractivity (Wildman–Crippen MR) is 63.9 cm³/mol. The number of rotatable bonds is 4. The van der Waals surface area contributed by atoms with Crippen LogP contribution in [0.5, 0.6) is 17.8 Å². The van der Waals surface area contributed by atoms with Crippen molar-refractivity contribution in [1.29, 1.82) is 0 Å². The monoisotopic (exact) mass is 281 g/mol. The zero-order valence-electron chi connectivity index (χ0n) is 10.1. The SMILES string of the molecule is COc1nc(N)nc(Oc2c(F)cccc2[N+](=O)[O-])n1. The third-order valence-electron chi connectivity index (χ3n) is 2.13. The molecule has 0 aliphatic rings. The Balaban J connectivity index is 2.44. The van der Waals surface area contributed by atoms with E-state index in [2.05, 4.69) is 15.0 Å². The van der Waals surface area contributed by atoms with Gasteiger partial charge < -0.3 is 15.2 Å². The van der Waals surface area contributed by atoms with E-state index in [1.165, 1.54) is 13.2 Å². The van der Waals surface area contributed by atoms with Crippen LogP contribution in [0.1, 0.15) is 0 Å². The highest BCUT2D eigenvalue weighted by Gasteiger charge is 2.21. The molecule has 104 valence electrons. The van der Waals surface area contributed by atoms with Crippen LogP contribution in [0.3, 0.4) is 0 Å². The normalized spacial score (nSPS) is 10.1. The fourth-order valence-corrected chi connectivity index (χ4v) is 1.32. The largest absolute Gasteiger partial charge is 0.467 e. The van der Waals surface area contributed by atoms with Gasteiger partial charge >= 0.3 is 17.7 Å². The van der Waals surface area contributed by atoms with Crippen molar-refractivity contribution in [2.45, 2.75) is 0 Å². The van der Waals surface area contributed by atoms with Crippen molar-refractivity contribution in [3.63, 3.8) is 0 Å². The highest BCUT2D eigenvalue weighted by Crippen LogP contribution is 2.32. The first-order valence-electron chi connectivity index (χ1n) is 5.17. The highest BCUT2D eigenvalue weighted by atomic mass is 19.1. The Morgan fingerprint density at radius 3 is 2.65 bits per heavy atom. The molecule has 1 aromatic heterocycles. The van der Waals surface area contributed by atoms with E-state index in [0.717, 1.165) is 12.1 Å². The molecule has 0 amide bonds. The first-order valence-corrected chi connectivity index (χ1v) is 5.17. The zero-order valence-corrected chi connectivity index (χ0v) is 10.1. The number of hydrogen-bond acceptors (Lipinski definition) is 8. The van der Waals surface area contributed by atoms with Gasteiger partial charge in [-0.05, 0) is 6.07 Å². The van der Waals surface area contributed by atoms with Crippen molar-refractivity contribution >= 4 is 11.6 Å². The van der Waals surface area contributed by atoms with Crippen LogP contribution in [-0.2, 0) is 0 Å². The molecule has 2 N–H and O–H groups in total. The molecule has 1 heterocycles. The van der Waals surface area contributed by atoms with Gasteiger partial charge in [0, 0.05) is 6.07 Å². The van der Waals surface area contributed by atoms with Crippen LogP contribution in [0.25, 0.3) is 0 Å². The van der Waals surface area contributed by atoms with E-state index in [9.17, 15) is 14.5 Å². The molecule has 0 spiro atoms. The molecule has 2 aromatic rings. The van der Waals surface area contributed by atoms with Crippen LogP contribution in [-0.4, -0.2) is 27.0 Å². The van der Waals surface area contributed by atoms with Crippen LogP contribution in [0.15, 0.2) is 18.2 Å². The second kappa shape index (κ2) is 5.30. The van der Waals surface area contributed by atoms with Crippen LogP contribution >= 0.6 is 0 Å². The van der Waals surface area contributed by atoms with Gasteiger partial charge in [0.1, 0.15) is 0 Å². The van der Waals surface area contributed by atoms with Gasteiger partial charge in [0.05, 0.1) is 12.0 Å². The standard InChI is InChI=1S/C10H8FN5O4/c1-19-9-13-8(12)14-10(15-9)20-7-5(11)3-2-4-6(7)16(17)18/h2-4H,1H3,(H2,12,13,14,15). The molecule has 2 rings (SSSR count). The molecule has 0 saturated heterocycles. The maximum Gasteiger partial charge on any atom is 0.330 e. The first kappa shape index (κ1) is 13.4. The van der Waals surface area contributed by atoms with Gasteiger partial charge in [0.15, 0.2) is 5.82 Å². The van der Waals surface area contributed by atoms with Gasteiger partial charge in [0.25, 0.3) is 0 Å². The molecule has 0 aliphatic carbocycles. The molecule has 10 heteroatoms. The fourth-order valence-electron chi connectivity index (χ4n) is 1.32. The molecule has 0 unspecified atom stereocenters. The predicted octanol–water partition coefficient (Wildman–Crippen LogP) is 1.30. The lowest BCUT2D eigenvalue weighted by molar-refractivity contribution is -0.385. The lowest BCUT2D eigenvalue weighted by Crippen LogP contribution is -2.04. The Bertz CT molecular complexity index is 666. The lowest BCUT2D eigenvalue weighted by atomic mass is 10.3. The lowest BCUT2D eigenvalue weighted by Gasteiger charge is -2.06. The Morgan fingerprint density at radius 2 is 2.00 bits per heavy atom. The van der Waals surface area contributed by atoms with Crippen LogP contribution < -0.4 is 15.2 Å².